The Bertz CT molecular complexity index is 249. The summed E-state index contributed by atoms with van der Waals surface area (Å²) >= 11 is 0. The average Bonchev–Trinajstić information content (AvgIpc) is 3.23. The Morgan fingerprint density at radius 3 is 2.17 bits per heavy atom. The predicted octanol–water partition coefficient (Wildman–Crippen LogP) is 0.501. The lowest BCUT2D eigenvalue weighted by molar-refractivity contribution is 0.0367. The second-order valence-corrected chi connectivity index (χ2v) is 5.99. The SMILES string of the molecule is CCC(C)N1CCN(C(CO)C(N)C2CC2)CC1. The second-order valence-electron chi connectivity index (χ2n) is 5.99. The zero-order valence-electron chi connectivity index (χ0n) is 11.9. The fourth-order valence-electron chi connectivity index (χ4n) is 3.04. The van der Waals surface area contributed by atoms with Gasteiger partial charge in [0, 0.05) is 44.3 Å². The van der Waals surface area contributed by atoms with Gasteiger partial charge in [0.25, 0.3) is 0 Å². The minimum absolute atomic E-state index is 0.171. The number of hydrogen-bond acceptors (Lipinski definition) is 4. The average molecular weight is 255 g/mol. The van der Waals surface area contributed by atoms with Crippen LogP contribution in [0.4, 0.5) is 0 Å². The van der Waals surface area contributed by atoms with Crippen LogP contribution in [0.5, 0.6) is 0 Å². The van der Waals surface area contributed by atoms with Gasteiger partial charge in [-0.05, 0) is 32.1 Å². The number of aliphatic hydroxyl groups is 1. The summed E-state index contributed by atoms with van der Waals surface area (Å²) in [4.78, 5) is 4.95. The molecule has 3 N–H and O–H groups in total. The van der Waals surface area contributed by atoms with Crippen LogP contribution in [0, 0.1) is 5.92 Å². The molecule has 106 valence electrons. The highest BCUT2D eigenvalue weighted by Gasteiger charge is 2.37. The first-order valence-electron chi connectivity index (χ1n) is 7.51. The molecule has 0 spiro atoms. The summed E-state index contributed by atoms with van der Waals surface area (Å²) in [5, 5.41) is 9.61. The first kappa shape index (κ1) is 14.3. The summed E-state index contributed by atoms with van der Waals surface area (Å²) in [6.07, 6.45) is 3.72. The van der Waals surface area contributed by atoms with E-state index in [4.69, 9.17) is 5.73 Å². The molecular formula is C14H29N3O. The fraction of sp³-hybridized carbons (Fsp3) is 1.00. The third kappa shape index (κ3) is 3.23. The summed E-state index contributed by atoms with van der Waals surface area (Å²) < 4.78 is 0. The van der Waals surface area contributed by atoms with E-state index in [2.05, 4.69) is 23.6 Å². The van der Waals surface area contributed by atoms with Crippen LogP contribution in [0.15, 0.2) is 0 Å². The minimum Gasteiger partial charge on any atom is -0.395 e. The van der Waals surface area contributed by atoms with Gasteiger partial charge in [0.15, 0.2) is 0 Å². The standard InChI is InChI=1S/C14H29N3O/c1-3-11(2)16-6-8-17(9-7-16)13(10-18)14(15)12-4-5-12/h11-14,18H,3-10,15H2,1-2H3. The normalized spacial score (nSPS) is 28.0. The number of nitrogens with zero attached hydrogens (tertiary/aromatic N) is 2. The summed E-state index contributed by atoms with van der Waals surface area (Å²) in [6.45, 7) is 9.09. The largest absolute Gasteiger partial charge is 0.395 e. The molecule has 18 heavy (non-hydrogen) atoms. The van der Waals surface area contributed by atoms with E-state index in [1.807, 2.05) is 0 Å². The molecule has 1 saturated heterocycles. The van der Waals surface area contributed by atoms with Gasteiger partial charge in [0.2, 0.25) is 0 Å². The van der Waals surface area contributed by atoms with E-state index >= 15 is 0 Å². The number of piperazine rings is 1. The van der Waals surface area contributed by atoms with Crippen molar-refractivity contribution in [3.63, 3.8) is 0 Å². The van der Waals surface area contributed by atoms with Crippen molar-refractivity contribution in [2.75, 3.05) is 32.8 Å². The molecule has 4 heteroatoms. The van der Waals surface area contributed by atoms with Gasteiger partial charge in [-0.15, -0.1) is 0 Å². The van der Waals surface area contributed by atoms with Gasteiger partial charge >= 0.3 is 0 Å². The predicted molar refractivity (Wildman–Crippen MR) is 74.5 cm³/mol. The van der Waals surface area contributed by atoms with Gasteiger partial charge in [0.1, 0.15) is 0 Å². The summed E-state index contributed by atoms with van der Waals surface area (Å²) in [7, 11) is 0. The molecule has 0 radical (unpaired) electrons. The Kier molecular flexibility index (Phi) is 5.01. The molecule has 4 nitrogen and oxygen atoms in total. The molecule has 3 unspecified atom stereocenters. The van der Waals surface area contributed by atoms with Gasteiger partial charge in [-0.3, -0.25) is 9.80 Å². The zero-order chi connectivity index (χ0) is 13.1. The molecule has 2 fully saturated rings. The Morgan fingerprint density at radius 1 is 1.17 bits per heavy atom. The van der Waals surface area contributed by atoms with Gasteiger partial charge in [-0.2, -0.15) is 0 Å². The molecular weight excluding hydrogens is 226 g/mol. The van der Waals surface area contributed by atoms with E-state index in [1.54, 1.807) is 0 Å². The second kappa shape index (κ2) is 6.33. The van der Waals surface area contributed by atoms with Gasteiger partial charge in [0.05, 0.1) is 6.61 Å². The van der Waals surface area contributed by atoms with E-state index in [0.717, 1.165) is 26.2 Å². The smallest absolute Gasteiger partial charge is 0.0602 e. The number of hydrogen-bond donors (Lipinski definition) is 2. The van der Waals surface area contributed by atoms with E-state index in [-0.39, 0.29) is 18.7 Å². The third-order valence-corrected chi connectivity index (χ3v) is 4.83. The van der Waals surface area contributed by atoms with Crippen LogP contribution in [0.2, 0.25) is 0 Å². The first-order chi connectivity index (χ1) is 8.67. The molecule has 0 bridgehead atoms. The van der Waals surface area contributed by atoms with Crippen LogP contribution in [-0.2, 0) is 0 Å². The summed E-state index contributed by atoms with van der Waals surface area (Å²) in [5.41, 5.74) is 6.27. The van der Waals surface area contributed by atoms with Crippen LogP contribution in [0.25, 0.3) is 0 Å². The maximum atomic E-state index is 9.61. The molecule has 1 saturated carbocycles. The minimum atomic E-state index is 0.171. The molecule has 3 atom stereocenters. The molecule has 0 aromatic rings. The van der Waals surface area contributed by atoms with Crippen LogP contribution in [-0.4, -0.2) is 65.8 Å². The van der Waals surface area contributed by atoms with Gasteiger partial charge < -0.3 is 10.8 Å². The lowest BCUT2D eigenvalue weighted by atomic mass is 10.0. The number of nitrogens with two attached hydrogens (primary N) is 1. The van der Waals surface area contributed by atoms with Gasteiger partial charge in [-0.25, -0.2) is 0 Å². The summed E-state index contributed by atoms with van der Waals surface area (Å²) in [5.74, 6) is 0.662. The highest BCUT2D eigenvalue weighted by Crippen LogP contribution is 2.34. The molecule has 1 aliphatic carbocycles. The highest BCUT2D eigenvalue weighted by molar-refractivity contribution is 4.94. The fourth-order valence-corrected chi connectivity index (χ4v) is 3.04. The van der Waals surface area contributed by atoms with Crippen molar-refractivity contribution in [3.05, 3.63) is 0 Å². The van der Waals surface area contributed by atoms with Crippen molar-refractivity contribution in [2.24, 2.45) is 11.7 Å². The van der Waals surface area contributed by atoms with E-state index in [0.29, 0.717) is 12.0 Å². The molecule has 0 amide bonds. The number of rotatable bonds is 6. The third-order valence-electron chi connectivity index (χ3n) is 4.83. The van der Waals surface area contributed by atoms with Crippen molar-refractivity contribution in [3.8, 4) is 0 Å². The lowest BCUT2D eigenvalue weighted by Gasteiger charge is -2.42. The van der Waals surface area contributed by atoms with Crippen LogP contribution in [0.1, 0.15) is 33.1 Å². The Balaban J connectivity index is 1.83. The Morgan fingerprint density at radius 2 is 1.72 bits per heavy atom. The van der Waals surface area contributed by atoms with E-state index in [9.17, 15) is 5.11 Å². The Hall–Kier alpha value is -0.160. The molecule has 2 rings (SSSR count). The van der Waals surface area contributed by atoms with Crippen LogP contribution in [0.3, 0.4) is 0 Å². The first-order valence-corrected chi connectivity index (χ1v) is 7.51. The zero-order valence-corrected chi connectivity index (χ0v) is 11.9. The lowest BCUT2D eigenvalue weighted by Crippen LogP contribution is -2.58. The van der Waals surface area contributed by atoms with Crippen LogP contribution < -0.4 is 5.73 Å². The monoisotopic (exact) mass is 255 g/mol. The van der Waals surface area contributed by atoms with Crippen molar-refractivity contribution in [2.45, 2.75) is 51.2 Å². The molecule has 0 aromatic carbocycles. The van der Waals surface area contributed by atoms with Gasteiger partial charge in [-0.1, -0.05) is 6.92 Å². The highest BCUT2D eigenvalue weighted by atomic mass is 16.3. The molecule has 0 aromatic heterocycles. The van der Waals surface area contributed by atoms with Crippen molar-refractivity contribution in [1.82, 2.24) is 9.80 Å². The maximum absolute atomic E-state index is 9.61. The molecule has 1 heterocycles. The molecule has 1 aliphatic heterocycles. The van der Waals surface area contributed by atoms with Crippen molar-refractivity contribution < 1.29 is 5.11 Å². The Labute approximate surface area is 111 Å². The van der Waals surface area contributed by atoms with Crippen molar-refractivity contribution in [1.29, 1.82) is 0 Å². The molecule has 2 aliphatic rings. The topological polar surface area (TPSA) is 52.7 Å². The quantitative estimate of drug-likeness (QED) is 0.726. The summed E-state index contributed by atoms with van der Waals surface area (Å²) in [6, 6.07) is 1.03. The van der Waals surface area contributed by atoms with Crippen LogP contribution >= 0.6 is 0 Å². The van der Waals surface area contributed by atoms with E-state index < -0.39 is 0 Å². The van der Waals surface area contributed by atoms with E-state index in [1.165, 1.54) is 19.3 Å². The van der Waals surface area contributed by atoms with Crippen molar-refractivity contribution >= 4 is 0 Å². The maximum Gasteiger partial charge on any atom is 0.0602 e. The number of aliphatic hydroxyl groups excluding tert-OH is 1.